The number of aryl methyl sites for hydroxylation is 1. The fourth-order valence-corrected chi connectivity index (χ4v) is 3.40. The van der Waals surface area contributed by atoms with Crippen LogP contribution in [0, 0.1) is 17.0 Å². The zero-order chi connectivity index (χ0) is 19.6. The Balaban J connectivity index is 1.92. The van der Waals surface area contributed by atoms with Crippen LogP contribution >= 0.6 is 11.3 Å². The maximum Gasteiger partial charge on any atom is 0.273 e. The number of hydrogen-bond donors (Lipinski definition) is 1. The molecule has 7 nitrogen and oxygen atoms in total. The average Bonchev–Trinajstić information content (AvgIpc) is 3.06. The number of benzene rings is 2. The van der Waals surface area contributed by atoms with Gasteiger partial charge in [-0.1, -0.05) is 47.7 Å². The van der Waals surface area contributed by atoms with E-state index < -0.39 is 10.8 Å². The van der Waals surface area contributed by atoms with Crippen molar-refractivity contribution in [3.8, 4) is 11.3 Å². The lowest BCUT2D eigenvalue weighted by Crippen LogP contribution is -2.12. The van der Waals surface area contributed by atoms with Crippen LogP contribution in [0.5, 0.6) is 0 Å². The number of ketones is 1. The third-order valence-corrected chi connectivity index (χ3v) is 4.95. The Bertz CT molecular complexity index is 1040. The standard InChI is InChI=1S/C19H15N3O4S/c1-11-8-9-14(10-15(11)22(25)26)18(24)21-19-20-16(17(27-19)12(2)23)13-6-4-3-5-7-13/h3-10H,1-2H3,(H,20,21,24). The number of hydrogen-bond acceptors (Lipinski definition) is 6. The van der Waals surface area contributed by atoms with Crippen molar-refractivity contribution in [1.29, 1.82) is 0 Å². The van der Waals surface area contributed by atoms with Gasteiger partial charge < -0.3 is 0 Å². The van der Waals surface area contributed by atoms with Gasteiger partial charge in [0.1, 0.15) is 0 Å². The number of carbonyl (C=O) groups is 2. The van der Waals surface area contributed by atoms with Crippen LogP contribution < -0.4 is 5.32 Å². The number of carbonyl (C=O) groups excluding carboxylic acids is 2. The smallest absolute Gasteiger partial charge is 0.273 e. The van der Waals surface area contributed by atoms with E-state index in [9.17, 15) is 19.7 Å². The summed E-state index contributed by atoms with van der Waals surface area (Å²) in [6.45, 7) is 3.04. The summed E-state index contributed by atoms with van der Waals surface area (Å²) in [5.41, 5.74) is 1.75. The molecular formula is C19H15N3O4S. The Morgan fingerprint density at radius 3 is 2.48 bits per heavy atom. The minimum absolute atomic E-state index is 0.129. The molecule has 1 aromatic heterocycles. The van der Waals surface area contributed by atoms with Gasteiger partial charge in [0.2, 0.25) is 0 Å². The molecule has 3 rings (SSSR count). The quantitative estimate of drug-likeness (QED) is 0.399. The molecule has 0 spiro atoms. The molecule has 1 N–H and O–H groups in total. The van der Waals surface area contributed by atoms with Gasteiger partial charge in [-0.3, -0.25) is 25.0 Å². The number of nitrogens with one attached hydrogen (secondary N) is 1. The number of nitrogens with zero attached hydrogens (tertiary/aromatic N) is 2. The second kappa shape index (κ2) is 7.46. The molecule has 0 bridgehead atoms. The van der Waals surface area contributed by atoms with Crippen LogP contribution in [0.2, 0.25) is 0 Å². The van der Waals surface area contributed by atoms with Crippen molar-refractivity contribution in [3.05, 3.63) is 74.6 Å². The highest BCUT2D eigenvalue weighted by molar-refractivity contribution is 7.18. The summed E-state index contributed by atoms with van der Waals surface area (Å²) in [6, 6.07) is 13.4. The third kappa shape index (κ3) is 3.90. The van der Waals surface area contributed by atoms with E-state index in [0.717, 1.165) is 16.9 Å². The predicted octanol–water partition coefficient (Wildman–Crippen LogP) is 4.48. The molecule has 0 unspecified atom stereocenters. The molecule has 0 fully saturated rings. The average molecular weight is 381 g/mol. The van der Waals surface area contributed by atoms with Crippen molar-refractivity contribution in [2.24, 2.45) is 0 Å². The molecular weight excluding hydrogens is 366 g/mol. The van der Waals surface area contributed by atoms with E-state index in [1.165, 1.54) is 25.1 Å². The number of rotatable bonds is 5. The first-order valence-electron chi connectivity index (χ1n) is 8.00. The van der Waals surface area contributed by atoms with Crippen LogP contribution in [-0.4, -0.2) is 21.6 Å². The molecule has 0 saturated carbocycles. The number of nitro groups is 1. The van der Waals surface area contributed by atoms with Crippen molar-refractivity contribution in [3.63, 3.8) is 0 Å². The lowest BCUT2D eigenvalue weighted by molar-refractivity contribution is -0.385. The van der Waals surface area contributed by atoms with Gasteiger partial charge in [-0.05, 0) is 13.0 Å². The van der Waals surface area contributed by atoms with Crippen LogP contribution in [0.25, 0.3) is 11.3 Å². The van der Waals surface area contributed by atoms with Crippen molar-refractivity contribution < 1.29 is 14.5 Å². The minimum Gasteiger partial charge on any atom is -0.298 e. The summed E-state index contributed by atoms with van der Waals surface area (Å²) < 4.78 is 0. The van der Waals surface area contributed by atoms with Crippen molar-refractivity contribution >= 4 is 33.8 Å². The lowest BCUT2D eigenvalue weighted by atomic mass is 10.1. The van der Waals surface area contributed by atoms with Gasteiger partial charge >= 0.3 is 0 Å². The fourth-order valence-electron chi connectivity index (χ4n) is 2.52. The summed E-state index contributed by atoms with van der Waals surface area (Å²) >= 11 is 1.07. The van der Waals surface area contributed by atoms with Crippen LogP contribution in [-0.2, 0) is 0 Å². The number of Topliss-reactive ketones (excluding diaryl/α,β-unsaturated/α-hetero) is 1. The Labute approximate surface area is 158 Å². The van der Waals surface area contributed by atoms with Gasteiger partial charge in [0.15, 0.2) is 10.9 Å². The van der Waals surface area contributed by atoms with Crippen LogP contribution in [0.3, 0.4) is 0 Å². The molecule has 0 saturated heterocycles. The number of amides is 1. The van der Waals surface area contributed by atoms with Crippen LogP contribution in [0.15, 0.2) is 48.5 Å². The largest absolute Gasteiger partial charge is 0.298 e. The molecule has 27 heavy (non-hydrogen) atoms. The maximum absolute atomic E-state index is 12.5. The third-order valence-electron chi connectivity index (χ3n) is 3.88. The first kappa shape index (κ1) is 18.4. The molecule has 1 heterocycles. The second-order valence-corrected chi connectivity index (χ2v) is 6.83. The number of anilines is 1. The SMILES string of the molecule is CC(=O)c1sc(NC(=O)c2ccc(C)c([N+](=O)[O-])c2)nc1-c1ccccc1. The molecule has 0 radical (unpaired) electrons. The summed E-state index contributed by atoms with van der Waals surface area (Å²) in [5.74, 6) is -0.681. The molecule has 0 aliphatic carbocycles. The predicted molar refractivity (Wildman–Crippen MR) is 103 cm³/mol. The van der Waals surface area contributed by atoms with E-state index in [2.05, 4.69) is 10.3 Å². The van der Waals surface area contributed by atoms with Gasteiger partial charge in [-0.15, -0.1) is 0 Å². The van der Waals surface area contributed by atoms with Gasteiger partial charge in [-0.2, -0.15) is 0 Å². The van der Waals surface area contributed by atoms with Gasteiger partial charge in [0.25, 0.3) is 11.6 Å². The molecule has 136 valence electrons. The number of thiazole rings is 1. The highest BCUT2D eigenvalue weighted by Gasteiger charge is 2.20. The normalized spacial score (nSPS) is 10.4. The number of nitro benzene ring substituents is 1. The zero-order valence-corrected chi connectivity index (χ0v) is 15.4. The molecule has 0 atom stereocenters. The Hall–Kier alpha value is -3.39. The highest BCUT2D eigenvalue weighted by atomic mass is 32.1. The highest BCUT2D eigenvalue weighted by Crippen LogP contribution is 2.32. The summed E-state index contributed by atoms with van der Waals surface area (Å²) in [4.78, 5) is 39.8. The molecule has 3 aromatic rings. The molecule has 0 aliphatic heterocycles. The van der Waals surface area contributed by atoms with Crippen LogP contribution in [0.1, 0.15) is 32.5 Å². The Kier molecular flexibility index (Phi) is 5.09. The Morgan fingerprint density at radius 1 is 1.15 bits per heavy atom. The molecule has 2 aromatic carbocycles. The summed E-state index contributed by atoms with van der Waals surface area (Å²) in [6.07, 6.45) is 0. The molecule has 8 heteroatoms. The Morgan fingerprint density at radius 2 is 1.85 bits per heavy atom. The fraction of sp³-hybridized carbons (Fsp3) is 0.105. The van der Waals surface area contributed by atoms with Gasteiger partial charge in [0.05, 0.1) is 15.5 Å². The maximum atomic E-state index is 12.5. The van der Waals surface area contributed by atoms with E-state index in [1.54, 1.807) is 6.92 Å². The second-order valence-electron chi connectivity index (χ2n) is 5.83. The van der Waals surface area contributed by atoms with Gasteiger partial charge in [0, 0.05) is 29.7 Å². The van der Waals surface area contributed by atoms with Crippen molar-refractivity contribution in [1.82, 2.24) is 4.98 Å². The van der Waals surface area contributed by atoms with Gasteiger partial charge in [-0.25, -0.2) is 4.98 Å². The van der Waals surface area contributed by atoms with Crippen molar-refractivity contribution in [2.45, 2.75) is 13.8 Å². The molecule has 1 amide bonds. The first-order chi connectivity index (χ1) is 12.9. The van der Waals surface area contributed by atoms with E-state index in [1.807, 2.05) is 30.3 Å². The summed E-state index contributed by atoms with van der Waals surface area (Å²) in [5, 5.41) is 13.9. The van der Waals surface area contributed by atoms with E-state index in [0.29, 0.717) is 16.1 Å². The monoisotopic (exact) mass is 381 g/mol. The van der Waals surface area contributed by atoms with E-state index in [4.69, 9.17) is 0 Å². The summed E-state index contributed by atoms with van der Waals surface area (Å²) in [7, 11) is 0. The zero-order valence-electron chi connectivity index (χ0n) is 14.6. The van der Waals surface area contributed by atoms with E-state index in [-0.39, 0.29) is 22.2 Å². The van der Waals surface area contributed by atoms with Crippen LogP contribution in [0.4, 0.5) is 10.8 Å². The first-order valence-corrected chi connectivity index (χ1v) is 8.82. The minimum atomic E-state index is -0.531. The molecule has 0 aliphatic rings. The van der Waals surface area contributed by atoms with Crippen molar-refractivity contribution in [2.75, 3.05) is 5.32 Å². The number of aromatic nitrogens is 1. The topological polar surface area (TPSA) is 102 Å². The lowest BCUT2D eigenvalue weighted by Gasteiger charge is -2.03. The van der Waals surface area contributed by atoms with E-state index >= 15 is 0 Å².